The number of hydrogen-bond donors (Lipinski definition) is 2. The fourth-order valence-corrected chi connectivity index (χ4v) is 2.69. The number of nitrogens with one attached hydrogen (secondary N) is 2. The van der Waals surface area contributed by atoms with Crippen LogP contribution < -0.4 is 10.6 Å². The smallest absolute Gasteiger partial charge is 0.265 e. The second-order valence-corrected chi connectivity index (χ2v) is 5.47. The van der Waals surface area contributed by atoms with Crippen LogP contribution in [0.4, 0.5) is 5.69 Å². The summed E-state index contributed by atoms with van der Waals surface area (Å²) >= 11 is 1.43. The van der Waals surface area contributed by atoms with Gasteiger partial charge in [0.1, 0.15) is 5.84 Å². The van der Waals surface area contributed by atoms with Crippen molar-refractivity contribution in [1.29, 1.82) is 0 Å². The Balaban J connectivity index is 1.77. The van der Waals surface area contributed by atoms with Crippen LogP contribution >= 0.6 is 11.3 Å². The summed E-state index contributed by atoms with van der Waals surface area (Å²) in [6, 6.07) is 11.4. The molecule has 0 bridgehead atoms. The van der Waals surface area contributed by atoms with Crippen LogP contribution in [0.3, 0.4) is 0 Å². The number of carbonyl (C=O) groups excluding carboxylic acids is 1. The highest BCUT2D eigenvalue weighted by Crippen LogP contribution is 2.15. The van der Waals surface area contributed by atoms with Gasteiger partial charge in [0.2, 0.25) is 0 Å². The van der Waals surface area contributed by atoms with E-state index in [9.17, 15) is 4.79 Å². The number of anilines is 1. The van der Waals surface area contributed by atoms with Crippen molar-refractivity contribution in [1.82, 2.24) is 5.32 Å². The normalized spacial score (nSPS) is 14.3. The third kappa shape index (κ3) is 2.88. The second-order valence-electron chi connectivity index (χ2n) is 4.52. The summed E-state index contributed by atoms with van der Waals surface area (Å²) in [6.07, 6.45) is 1.07. The molecule has 1 aromatic carbocycles. The maximum absolute atomic E-state index is 12.0. The Morgan fingerprint density at radius 2 is 2.25 bits per heavy atom. The Bertz CT molecular complexity index is 634. The topological polar surface area (TPSA) is 53.5 Å². The van der Waals surface area contributed by atoms with E-state index in [0.717, 1.165) is 36.6 Å². The Morgan fingerprint density at radius 1 is 1.30 bits per heavy atom. The first kappa shape index (κ1) is 12.9. The zero-order valence-corrected chi connectivity index (χ0v) is 11.7. The van der Waals surface area contributed by atoms with Crippen LogP contribution in [0, 0.1) is 0 Å². The number of rotatable bonds is 3. The number of carbonyl (C=O) groups is 1. The molecule has 0 spiro atoms. The standard InChI is InChI=1S/C15H15N3OS/c19-15(13-6-2-9-20-13)18-12-5-1-4-11(10-12)14-16-7-3-8-17-14/h1-2,4-6,9-10H,3,7-8H2,(H,16,17)(H,18,19). The van der Waals surface area contributed by atoms with Gasteiger partial charge in [0.15, 0.2) is 0 Å². The van der Waals surface area contributed by atoms with Gasteiger partial charge in [-0.1, -0.05) is 18.2 Å². The van der Waals surface area contributed by atoms with Crippen LogP contribution in [0.25, 0.3) is 0 Å². The molecule has 2 N–H and O–H groups in total. The number of benzene rings is 1. The Kier molecular flexibility index (Phi) is 3.78. The molecule has 0 aliphatic carbocycles. The summed E-state index contributed by atoms with van der Waals surface area (Å²) in [5, 5.41) is 8.09. The third-order valence-corrected chi connectivity index (χ3v) is 3.90. The minimum absolute atomic E-state index is 0.0734. The van der Waals surface area contributed by atoms with Gasteiger partial charge in [0.25, 0.3) is 5.91 Å². The molecule has 0 atom stereocenters. The van der Waals surface area contributed by atoms with Gasteiger partial charge in [0, 0.05) is 24.3 Å². The first-order valence-corrected chi connectivity index (χ1v) is 7.44. The van der Waals surface area contributed by atoms with E-state index in [4.69, 9.17) is 0 Å². The summed E-state index contributed by atoms with van der Waals surface area (Å²) < 4.78 is 0. The van der Waals surface area contributed by atoms with E-state index in [2.05, 4.69) is 15.6 Å². The molecule has 5 heteroatoms. The molecule has 2 aromatic rings. The monoisotopic (exact) mass is 285 g/mol. The van der Waals surface area contributed by atoms with Crippen molar-refractivity contribution in [2.24, 2.45) is 4.99 Å². The average molecular weight is 285 g/mol. The molecule has 20 heavy (non-hydrogen) atoms. The molecule has 0 fully saturated rings. The fourth-order valence-electron chi connectivity index (χ4n) is 2.07. The van der Waals surface area contributed by atoms with Crippen molar-refractivity contribution in [3.8, 4) is 0 Å². The second kappa shape index (κ2) is 5.88. The number of nitrogens with zero attached hydrogens (tertiary/aromatic N) is 1. The van der Waals surface area contributed by atoms with Crippen LogP contribution in [0.2, 0.25) is 0 Å². The van der Waals surface area contributed by atoms with Crippen LogP contribution in [-0.4, -0.2) is 24.8 Å². The predicted octanol–water partition coefficient (Wildman–Crippen LogP) is 2.74. The Labute approximate surface area is 121 Å². The number of hydrogen-bond acceptors (Lipinski definition) is 4. The minimum atomic E-state index is -0.0734. The lowest BCUT2D eigenvalue weighted by Crippen LogP contribution is -2.30. The molecule has 1 aliphatic rings. The van der Waals surface area contributed by atoms with Gasteiger partial charge < -0.3 is 10.6 Å². The molecule has 102 valence electrons. The largest absolute Gasteiger partial charge is 0.370 e. The molecule has 1 amide bonds. The molecular weight excluding hydrogens is 270 g/mol. The summed E-state index contributed by atoms with van der Waals surface area (Å²) in [4.78, 5) is 17.2. The van der Waals surface area contributed by atoms with E-state index in [-0.39, 0.29) is 5.91 Å². The molecule has 3 rings (SSSR count). The first-order valence-electron chi connectivity index (χ1n) is 6.56. The van der Waals surface area contributed by atoms with Crippen molar-refractivity contribution in [2.75, 3.05) is 18.4 Å². The lowest BCUT2D eigenvalue weighted by molar-refractivity contribution is 0.103. The number of thiophene rings is 1. The van der Waals surface area contributed by atoms with Crippen molar-refractivity contribution in [3.63, 3.8) is 0 Å². The van der Waals surface area contributed by atoms with Gasteiger partial charge in [-0.3, -0.25) is 9.79 Å². The van der Waals surface area contributed by atoms with E-state index in [1.807, 2.05) is 41.8 Å². The minimum Gasteiger partial charge on any atom is -0.370 e. The predicted molar refractivity (Wildman–Crippen MR) is 82.7 cm³/mol. The Hall–Kier alpha value is -2.14. The van der Waals surface area contributed by atoms with Gasteiger partial charge in [-0.05, 0) is 30.0 Å². The van der Waals surface area contributed by atoms with Crippen molar-refractivity contribution >= 4 is 28.8 Å². The zero-order chi connectivity index (χ0) is 13.8. The molecule has 4 nitrogen and oxygen atoms in total. The average Bonchev–Trinajstić information content (AvgIpc) is 3.03. The number of aliphatic imine (C=N–C) groups is 1. The van der Waals surface area contributed by atoms with Gasteiger partial charge in [0.05, 0.1) is 4.88 Å². The highest BCUT2D eigenvalue weighted by atomic mass is 32.1. The van der Waals surface area contributed by atoms with Crippen molar-refractivity contribution in [3.05, 3.63) is 52.2 Å². The van der Waals surface area contributed by atoms with E-state index >= 15 is 0 Å². The van der Waals surface area contributed by atoms with E-state index in [1.165, 1.54) is 11.3 Å². The quantitative estimate of drug-likeness (QED) is 0.911. The molecule has 0 saturated heterocycles. The molecule has 1 aromatic heterocycles. The summed E-state index contributed by atoms with van der Waals surface area (Å²) in [6.45, 7) is 1.80. The van der Waals surface area contributed by atoms with Gasteiger partial charge in [-0.2, -0.15) is 0 Å². The number of amidine groups is 1. The highest BCUT2D eigenvalue weighted by Gasteiger charge is 2.10. The lowest BCUT2D eigenvalue weighted by Gasteiger charge is -2.15. The van der Waals surface area contributed by atoms with Crippen LogP contribution in [0.5, 0.6) is 0 Å². The van der Waals surface area contributed by atoms with Crippen molar-refractivity contribution in [2.45, 2.75) is 6.42 Å². The van der Waals surface area contributed by atoms with E-state index in [0.29, 0.717) is 4.88 Å². The first-order chi connectivity index (χ1) is 9.83. The molecule has 0 saturated carbocycles. The van der Waals surface area contributed by atoms with E-state index in [1.54, 1.807) is 0 Å². The Morgan fingerprint density at radius 3 is 3.00 bits per heavy atom. The van der Waals surface area contributed by atoms with Crippen molar-refractivity contribution < 1.29 is 4.79 Å². The molecule has 0 unspecified atom stereocenters. The van der Waals surface area contributed by atoms with Gasteiger partial charge >= 0.3 is 0 Å². The zero-order valence-electron chi connectivity index (χ0n) is 10.9. The highest BCUT2D eigenvalue weighted by molar-refractivity contribution is 7.12. The van der Waals surface area contributed by atoms with Crippen LogP contribution in [0.15, 0.2) is 46.8 Å². The molecule has 2 heterocycles. The molecule has 0 radical (unpaired) electrons. The summed E-state index contributed by atoms with van der Waals surface area (Å²) in [7, 11) is 0. The van der Waals surface area contributed by atoms with Crippen LogP contribution in [0.1, 0.15) is 21.7 Å². The summed E-state index contributed by atoms with van der Waals surface area (Å²) in [5.41, 5.74) is 1.80. The maximum atomic E-state index is 12.0. The SMILES string of the molecule is O=C(Nc1cccc(C2=NCCCN2)c1)c1cccs1. The lowest BCUT2D eigenvalue weighted by atomic mass is 10.1. The molecule has 1 aliphatic heterocycles. The van der Waals surface area contributed by atoms with E-state index < -0.39 is 0 Å². The maximum Gasteiger partial charge on any atom is 0.265 e. The van der Waals surface area contributed by atoms with Gasteiger partial charge in [-0.15, -0.1) is 11.3 Å². The number of amides is 1. The fraction of sp³-hybridized carbons (Fsp3) is 0.200. The third-order valence-electron chi connectivity index (χ3n) is 3.04. The summed E-state index contributed by atoms with van der Waals surface area (Å²) in [5.74, 6) is 0.833. The molecular formula is C15H15N3OS. The van der Waals surface area contributed by atoms with Crippen LogP contribution in [-0.2, 0) is 0 Å². The van der Waals surface area contributed by atoms with Gasteiger partial charge in [-0.25, -0.2) is 0 Å².